The Labute approximate surface area is 166 Å². The first-order valence-electron chi connectivity index (χ1n) is 9.37. The van der Waals surface area contributed by atoms with Crippen LogP contribution in [0.25, 0.3) is 0 Å². The van der Waals surface area contributed by atoms with Gasteiger partial charge in [0.25, 0.3) is 0 Å². The SMILES string of the molecule is CC(CC#N)N(C)C(=O)CCCCCNS(=O)(=O)c1ccc2c(c1)OCCO2. The Bertz CT molecular complexity index is 819. The van der Waals surface area contributed by atoms with Crippen molar-refractivity contribution < 1.29 is 22.7 Å². The van der Waals surface area contributed by atoms with Crippen LogP contribution < -0.4 is 14.2 Å². The zero-order valence-corrected chi connectivity index (χ0v) is 17.1. The number of nitrogens with zero attached hydrogens (tertiary/aromatic N) is 2. The zero-order chi connectivity index (χ0) is 20.6. The Morgan fingerprint density at radius 3 is 2.68 bits per heavy atom. The van der Waals surface area contributed by atoms with Crippen LogP contribution in [0.15, 0.2) is 23.1 Å². The van der Waals surface area contributed by atoms with E-state index in [1.807, 2.05) is 6.92 Å². The lowest BCUT2D eigenvalue weighted by Gasteiger charge is -2.22. The van der Waals surface area contributed by atoms with Crippen molar-refractivity contribution in [3.8, 4) is 17.6 Å². The maximum absolute atomic E-state index is 12.4. The van der Waals surface area contributed by atoms with Crippen LogP contribution in [0, 0.1) is 11.3 Å². The molecular formula is C19H27N3O5S. The second kappa shape index (κ2) is 10.3. The summed E-state index contributed by atoms with van der Waals surface area (Å²) in [6.45, 7) is 2.99. The highest BCUT2D eigenvalue weighted by molar-refractivity contribution is 7.89. The first-order chi connectivity index (χ1) is 13.3. The van der Waals surface area contributed by atoms with Gasteiger partial charge in [0.05, 0.1) is 17.4 Å². The van der Waals surface area contributed by atoms with Gasteiger partial charge in [-0.3, -0.25) is 4.79 Å². The molecule has 0 radical (unpaired) electrons. The monoisotopic (exact) mass is 409 g/mol. The van der Waals surface area contributed by atoms with Crippen LogP contribution in [0.4, 0.5) is 0 Å². The summed E-state index contributed by atoms with van der Waals surface area (Å²) in [5, 5.41) is 8.69. The van der Waals surface area contributed by atoms with E-state index >= 15 is 0 Å². The molecule has 1 aromatic rings. The van der Waals surface area contributed by atoms with E-state index in [0.717, 1.165) is 6.42 Å². The molecule has 1 unspecified atom stereocenters. The fourth-order valence-corrected chi connectivity index (χ4v) is 3.84. The van der Waals surface area contributed by atoms with Gasteiger partial charge in [0, 0.05) is 32.1 Å². The number of fused-ring (bicyclic) bond motifs is 1. The minimum absolute atomic E-state index is 0.000362. The van der Waals surface area contributed by atoms with E-state index in [2.05, 4.69) is 10.8 Å². The lowest BCUT2D eigenvalue weighted by atomic mass is 10.1. The predicted octanol–water partition coefficient (Wildman–Crippen LogP) is 2.06. The quantitative estimate of drug-likeness (QED) is 0.593. The summed E-state index contributed by atoms with van der Waals surface area (Å²) in [4.78, 5) is 13.8. The maximum Gasteiger partial charge on any atom is 0.240 e. The number of nitriles is 1. The molecule has 1 amide bonds. The third-order valence-electron chi connectivity index (χ3n) is 4.62. The van der Waals surface area contributed by atoms with Crippen molar-refractivity contribution in [3.05, 3.63) is 18.2 Å². The average molecular weight is 410 g/mol. The van der Waals surface area contributed by atoms with Crippen molar-refractivity contribution in [2.75, 3.05) is 26.8 Å². The molecular weight excluding hydrogens is 382 g/mol. The summed E-state index contributed by atoms with van der Waals surface area (Å²) in [5.74, 6) is 0.978. The van der Waals surface area contributed by atoms with Gasteiger partial charge < -0.3 is 14.4 Å². The van der Waals surface area contributed by atoms with E-state index in [1.165, 1.54) is 12.1 Å². The summed E-state index contributed by atoms with van der Waals surface area (Å²) in [6, 6.07) is 6.51. The van der Waals surface area contributed by atoms with E-state index in [4.69, 9.17) is 14.7 Å². The molecule has 1 aromatic carbocycles. The van der Waals surface area contributed by atoms with Crippen molar-refractivity contribution in [1.29, 1.82) is 5.26 Å². The molecule has 1 aliphatic heterocycles. The Hall–Kier alpha value is -2.31. The van der Waals surface area contributed by atoms with E-state index in [1.54, 1.807) is 18.0 Å². The minimum atomic E-state index is -3.62. The van der Waals surface area contributed by atoms with Crippen LogP contribution in [0.5, 0.6) is 11.5 Å². The number of hydrogen-bond donors (Lipinski definition) is 1. The van der Waals surface area contributed by atoms with Crippen LogP contribution >= 0.6 is 0 Å². The van der Waals surface area contributed by atoms with Gasteiger partial charge in [0.15, 0.2) is 11.5 Å². The van der Waals surface area contributed by atoms with Crippen LogP contribution in [0.2, 0.25) is 0 Å². The number of amides is 1. The molecule has 28 heavy (non-hydrogen) atoms. The minimum Gasteiger partial charge on any atom is -0.486 e. The van der Waals surface area contributed by atoms with Crippen molar-refractivity contribution in [2.24, 2.45) is 0 Å². The van der Waals surface area contributed by atoms with Crippen LogP contribution in [-0.4, -0.2) is 52.1 Å². The van der Waals surface area contributed by atoms with E-state index < -0.39 is 10.0 Å². The number of sulfonamides is 1. The molecule has 1 atom stereocenters. The number of nitrogens with one attached hydrogen (secondary N) is 1. The topological polar surface area (TPSA) is 109 Å². The van der Waals surface area contributed by atoms with Gasteiger partial charge >= 0.3 is 0 Å². The number of ether oxygens (including phenoxy) is 2. The Balaban J connectivity index is 1.71. The van der Waals surface area contributed by atoms with E-state index in [-0.39, 0.29) is 16.8 Å². The molecule has 0 bridgehead atoms. The highest BCUT2D eigenvalue weighted by atomic mass is 32.2. The third-order valence-corrected chi connectivity index (χ3v) is 6.08. The summed E-state index contributed by atoms with van der Waals surface area (Å²) in [5.41, 5.74) is 0. The lowest BCUT2D eigenvalue weighted by molar-refractivity contribution is -0.131. The van der Waals surface area contributed by atoms with Crippen molar-refractivity contribution >= 4 is 15.9 Å². The second-order valence-electron chi connectivity index (χ2n) is 6.73. The molecule has 0 saturated heterocycles. The van der Waals surface area contributed by atoms with E-state index in [0.29, 0.717) is 56.9 Å². The van der Waals surface area contributed by atoms with Crippen molar-refractivity contribution in [2.45, 2.75) is 50.0 Å². The van der Waals surface area contributed by atoms with Crippen molar-refractivity contribution in [1.82, 2.24) is 9.62 Å². The van der Waals surface area contributed by atoms with Gasteiger partial charge in [0.1, 0.15) is 13.2 Å². The molecule has 8 nitrogen and oxygen atoms in total. The zero-order valence-electron chi connectivity index (χ0n) is 16.3. The number of carbonyl (C=O) groups is 1. The molecule has 0 aliphatic carbocycles. The van der Waals surface area contributed by atoms with Gasteiger partial charge in [-0.15, -0.1) is 0 Å². The highest BCUT2D eigenvalue weighted by Gasteiger charge is 2.19. The first kappa shape index (κ1) is 22.0. The molecule has 2 rings (SSSR count). The summed E-state index contributed by atoms with van der Waals surface area (Å²) in [7, 11) is -1.92. The normalized spacial score (nSPS) is 14.2. The van der Waals surface area contributed by atoms with Crippen LogP contribution in [0.1, 0.15) is 39.0 Å². The molecule has 9 heteroatoms. The number of rotatable bonds is 10. The fraction of sp³-hybridized carbons (Fsp3) is 0.579. The molecule has 0 spiro atoms. The third kappa shape index (κ3) is 6.11. The predicted molar refractivity (Wildman–Crippen MR) is 104 cm³/mol. The Morgan fingerprint density at radius 2 is 1.96 bits per heavy atom. The lowest BCUT2D eigenvalue weighted by Crippen LogP contribution is -2.34. The molecule has 1 aliphatic rings. The molecule has 0 aromatic heterocycles. The van der Waals surface area contributed by atoms with Gasteiger partial charge in [-0.2, -0.15) is 5.26 Å². The first-order valence-corrected chi connectivity index (χ1v) is 10.9. The molecule has 0 fully saturated rings. The highest BCUT2D eigenvalue weighted by Crippen LogP contribution is 2.32. The fourth-order valence-electron chi connectivity index (χ4n) is 2.75. The smallest absolute Gasteiger partial charge is 0.240 e. The summed E-state index contributed by atoms with van der Waals surface area (Å²) in [6.07, 6.45) is 2.74. The second-order valence-corrected chi connectivity index (χ2v) is 8.50. The molecule has 1 N–H and O–H groups in total. The maximum atomic E-state index is 12.4. The number of benzene rings is 1. The molecule has 0 saturated carbocycles. The Morgan fingerprint density at radius 1 is 1.25 bits per heavy atom. The summed E-state index contributed by atoms with van der Waals surface area (Å²) >= 11 is 0. The Kier molecular flexibility index (Phi) is 8.08. The van der Waals surface area contributed by atoms with Gasteiger partial charge in [-0.05, 0) is 31.9 Å². The largest absolute Gasteiger partial charge is 0.486 e. The number of unbranched alkanes of at least 4 members (excludes halogenated alkanes) is 2. The summed E-state index contributed by atoms with van der Waals surface area (Å²) < 4.78 is 38.2. The standard InChI is InChI=1S/C19H27N3O5S/c1-15(9-10-20)22(2)19(23)6-4-3-5-11-21-28(24,25)16-7-8-17-18(14-16)27-13-12-26-17/h7-8,14-15,21H,3-6,9,11-13H2,1-2H3. The van der Waals surface area contributed by atoms with Crippen LogP contribution in [-0.2, 0) is 14.8 Å². The number of hydrogen-bond acceptors (Lipinski definition) is 6. The molecule has 154 valence electrons. The van der Waals surface area contributed by atoms with Gasteiger partial charge in [0.2, 0.25) is 15.9 Å². The van der Waals surface area contributed by atoms with E-state index in [9.17, 15) is 13.2 Å². The van der Waals surface area contributed by atoms with Gasteiger partial charge in [-0.1, -0.05) is 6.42 Å². The van der Waals surface area contributed by atoms with Crippen molar-refractivity contribution in [3.63, 3.8) is 0 Å². The number of carbonyl (C=O) groups excluding carboxylic acids is 1. The molecule has 1 heterocycles. The van der Waals surface area contributed by atoms with Crippen LogP contribution in [0.3, 0.4) is 0 Å². The van der Waals surface area contributed by atoms with Gasteiger partial charge in [-0.25, -0.2) is 13.1 Å². The average Bonchev–Trinajstić information content (AvgIpc) is 2.69.